The summed E-state index contributed by atoms with van der Waals surface area (Å²) in [5.41, 5.74) is 7.51. The SMILES string of the molecule is CCC(C(=O)O)N1CC(=O)N(C)c2ccc(OCc3ccc(C(=N)N)cc3)cc2C1=O. The highest BCUT2D eigenvalue weighted by atomic mass is 16.5. The number of carbonyl (C=O) groups is 3. The van der Waals surface area contributed by atoms with E-state index >= 15 is 0 Å². The van der Waals surface area contributed by atoms with E-state index in [1.54, 1.807) is 50.4 Å². The summed E-state index contributed by atoms with van der Waals surface area (Å²) in [4.78, 5) is 39.8. The quantitative estimate of drug-likeness (QED) is 0.458. The van der Waals surface area contributed by atoms with Gasteiger partial charge in [0, 0.05) is 12.6 Å². The molecule has 0 saturated heterocycles. The van der Waals surface area contributed by atoms with Crippen LogP contribution < -0.4 is 15.4 Å². The number of carboxylic acid groups (broad SMARTS) is 1. The van der Waals surface area contributed by atoms with E-state index in [1.807, 2.05) is 0 Å². The van der Waals surface area contributed by atoms with Crippen LogP contribution >= 0.6 is 0 Å². The minimum Gasteiger partial charge on any atom is -0.489 e. The lowest BCUT2D eigenvalue weighted by Crippen LogP contribution is -2.47. The summed E-state index contributed by atoms with van der Waals surface area (Å²) in [6.45, 7) is 1.56. The maximum Gasteiger partial charge on any atom is 0.326 e. The molecule has 1 atom stereocenters. The number of hydrogen-bond acceptors (Lipinski definition) is 5. The summed E-state index contributed by atoms with van der Waals surface area (Å²) in [5.74, 6) is -1.67. The lowest BCUT2D eigenvalue weighted by atomic mass is 10.1. The summed E-state index contributed by atoms with van der Waals surface area (Å²) in [7, 11) is 1.55. The topological polar surface area (TPSA) is 137 Å². The molecule has 1 unspecified atom stereocenters. The van der Waals surface area contributed by atoms with Crippen LogP contribution in [-0.2, 0) is 16.2 Å². The monoisotopic (exact) mass is 424 g/mol. The van der Waals surface area contributed by atoms with Gasteiger partial charge in [-0.3, -0.25) is 15.0 Å². The molecule has 2 amide bonds. The molecule has 9 heteroatoms. The van der Waals surface area contributed by atoms with E-state index in [0.717, 1.165) is 10.5 Å². The van der Waals surface area contributed by atoms with E-state index in [0.29, 0.717) is 17.0 Å². The van der Waals surface area contributed by atoms with E-state index < -0.39 is 17.9 Å². The number of rotatable bonds is 7. The van der Waals surface area contributed by atoms with Crippen LogP contribution in [0, 0.1) is 5.41 Å². The van der Waals surface area contributed by atoms with Crippen LogP contribution in [0.3, 0.4) is 0 Å². The van der Waals surface area contributed by atoms with E-state index in [1.165, 1.54) is 11.0 Å². The fraction of sp³-hybridized carbons (Fsp3) is 0.273. The number of nitrogens with two attached hydrogens (primary N) is 1. The summed E-state index contributed by atoms with van der Waals surface area (Å²) in [5, 5.41) is 16.9. The predicted molar refractivity (Wildman–Crippen MR) is 114 cm³/mol. The van der Waals surface area contributed by atoms with Crippen molar-refractivity contribution in [2.75, 3.05) is 18.5 Å². The number of amides is 2. The van der Waals surface area contributed by atoms with Crippen molar-refractivity contribution in [3.8, 4) is 5.75 Å². The fourth-order valence-electron chi connectivity index (χ4n) is 3.41. The lowest BCUT2D eigenvalue weighted by Gasteiger charge is -2.26. The second-order valence-corrected chi connectivity index (χ2v) is 7.23. The third-order valence-corrected chi connectivity index (χ3v) is 5.22. The highest BCUT2D eigenvalue weighted by molar-refractivity contribution is 6.10. The molecule has 4 N–H and O–H groups in total. The minimum absolute atomic E-state index is 0.0216. The van der Waals surface area contributed by atoms with Gasteiger partial charge < -0.3 is 25.4 Å². The van der Waals surface area contributed by atoms with Crippen LogP contribution in [0.4, 0.5) is 5.69 Å². The predicted octanol–water partition coefficient (Wildman–Crippen LogP) is 1.83. The second kappa shape index (κ2) is 8.86. The van der Waals surface area contributed by atoms with Crippen LogP contribution in [0.2, 0.25) is 0 Å². The molecule has 2 aromatic carbocycles. The lowest BCUT2D eigenvalue weighted by molar-refractivity contribution is -0.142. The van der Waals surface area contributed by atoms with Crippen LogP contribution in [0.5, 0.6) is 5.75 Å². The van der Waals surface area contributed by atoms with Gasteiger partial charge in [-0.05, 0) is 30.2 Å². The molecule has 9 nitrogen and oxygen atoms in total. The Morgan fingerprint density at radius 2 is 1.90 bits per heavy atom. The standard InChI is InChI=1S/C22H24N4O5/c1-3-17(22(29)30)26-11-19(27)25(2)18-9-8-15(10-16(18)21(26)28)31-12-13-4-6-14(7-5-13)20(23)24/h4-10,17H,3,11-12H2,1-2H3,(H3,23,24)(H,29,30). The first-order valence-corrected chi connectivity index (χ1v) is 9.73. The number of aliphatic carboxylic acids is 1. The third-order valence-electron chi connectivity index (χ3n) is 5.22. The molecule has 0 spiro atoms. The number of carboxylic acids is 1. The van der Waals surface area contributed by atoms with E-state index in [-0.39, 0.29) is 36.9 Å². The number of nitrogens with one attached hydrogen (secondary N) is 1. The zero-order valence-corrected chi connectivity index (χ0v) is 17.3. The minimum atomic E-state index is -1.16. The highest BCUT2D eigenvalue weighted by Crippen LogP contribution is 2.30. The van der Waals surface area contributed by atoms with Gasteiger partial charge in [0.1, 0.15) is 30.8 Å². The first kappa shape index (κ1) is 21.8. The number of ether oxygens (including phenoxy) is 1. The molecular formula is C22H24N4O5. The zero-order valence-electron chi connectivity index (χ0n) is 17.3. The molecule has 2 aromatic rings. The van der Waals surface area contributed by atoms with Gasteiger partial charge in [0.05, 0.1) is 11.3 Å². The van der Waals surface area contributed by atoms with Crippen molar-refractivity contribution in [2.24, 2.45) is 5.73 Å². The average Bonchev–Trinajstić information content (AvgIpc) is 2.84. The Kier molecular flexibility index (Phi) is 6.24. The van der Waals surface area contributed by atoms with Gasteiger partial charge in [-0.1, -0.05) is 31.2 Å². The molecule has 0 aromatic heterocycles. The molecule has 0 radical (unpaired) electrons. The van der Waals surface area contributed by atoms with Crippen molar-refractivity contribution in [1.29, 1.82) is 5.41 Å². The number of carbonyl (C=O) groups excluding carboxylic acids is 2. The van der Waals surface area contributed by atoms with Crippen LogP contribution in [0.25, 0.3) is 0 Å². The van der Waals surface area contributed by atoms with Crippen LogP contribution in [-0.4, -0.2) is 53.3 Å². The Morgan fingerprint density at radius 3 is 2.48 bits per heavy atom. The largest absolute Gasteiger partial charge is 0.489 e. The normalized spacial score (nSPS) is 14.6. The number of nitrogen functional groups attached to an aromatic ring is 1. The second-order valence-electron chi connectivity index (χ2n) is 7.23. The number of nitrogens with zero attached hydrogens (tertiary/aromatic N) is 2. The van der Waals surface area contributed by atoms with Crippen molar-refractivity contribution >= 4 is 29.3 Å². The number of benzene rings is 2. The van der Waals surface area contributed by atoms with Crippen molar-refractivity contribution in [2.45, 2.75) is 26.0 Å². The molecule has 0 bridgehead atoms. The summed E-state index contributed by atoms with van der Waals surface area (Å²) in [6.07, 6.45) is 0.180. The van der Waals surface area contributed by atoms with Gasteiger partial charge in [0.2, 0.25) is 5.91 Å². The summed E-state index contributed by atoms with van der Waals surface area (Å²) < 4.78 is 5.80. The Labute approximate surface area is 179 Å². The molecule has 1 aliphatic rings. The first-order valence-electron chi connectivity index (χ1n) is 9.73. The van der Waals surface area contributed by atoms with Gasteiger partial charge >= 0.3 is 5.97 Å². The van der Waals surface area contributed by atoms with Gasteiger partial charge in [-0.15, -0.1) is 0 Å². The summed E-state index contributed by atoms with van der Waals surface area (Å²) in [6, 6.07) is 10.7. The Hall–Kier alpha value is -3.88. The molecule has 1 heterocycles. The number of amidine groups is 1. The molecule has 1 aliphatic heterocycles. The van der Waals surface area contributed by atoms with E-state index in [2.05, 4.69) is 0 Å². The maximum atomic E-state index is 13.2. The molecule has 3 rings (SSSR count). The zero-order chi connectivity index (χ0) is 22.7. The molecule has 0 saturated carbocycles. The van der Waals surface area contributed by atoms with E-state index in [4.69, 9.17) is 15.9 Å². The highest BCUT2D eigenvalue weighted by Gasteiger charge is 2.36. The Morgan fingerprint density at radius 1 is 1.23 bits per heavy atom. The Balaban J connectivity index is 1.87. The van der Waals surface area contributed by atoms with Crippen LogP contribution in [0.15, 0.2) is 42.5 Å². The van der Waals surface area contributed by atoms with Gasteiger partial charge in [0.15, 0.2) is 0 Å². The van der Waals surface area contributed by atoms with Gasteiger partial charge in [0.25, 0.3) is 5.91 Å². The molecular weight excluding hydrogens is 400 g/mol. The van der Waals surface area contributed by atoms with Crippen molar-refractivity contribution in [3.63, 3.8) is 0 Å². The van der Waals surface area contributed by atoms with Gasteiger partial charge in [-0.2, -0.15) is 0 Å². The number of likely N-dealkylation sites (N-methyl/N-ethyl adjacent to an activating group) is 1. The first-order chi connectivity index (χ1) is 14.7. The molecule has 0 fully saturated rings. The molecule has 0 aliphatic carbocycles. The van der Waals surface area contributed by atoms with Crippen molar-refractivity contribution < 1.29 is 24.2 Å². The van der Waals surface area contributed by atoms with Crippen LogP contribution in [0.1, 0.15) is 34.8 Å². The maximum absolute atomic E-state index is 13.2. The van der Waals surface area contributed by atoms with E-state index in [9.17, 15) is 19.5 Å². The molecule has 162 valence electrons. The van der Waals surface area contributed by atoms with Gasteiger partial charge in [-0.25, -0.2) is 4.79 Å². The van der Waals surface area contributed by atoms with Crippen molar-refractivity contribution in [1.82, 2.24) is 4.90 Å². The number of hydrogen-bond donors (Lipinski definition) is 3. The fourth-order valence-corrected chi connectivity index (χ4v) is 3.41. The number of fused-ring (bicyclic) bond motifs is 1. The summed E-state index contributed by atoms with van der Waals surface area (Å²) >= 11 is 0. The van der Waals surface area contributed by atoms with Crippen molar-refractivity contribution in [3.05, 3.63) is 59.2 Å². The average molecular weight is 424 g/mol. The molecule has 31 heavy (non-hydrogen) atoms. The smallest absolute Gasteiger partial charge is 0.326 e. The Bertz CT molecular complexity index is 1030. The number of anilines is 1. The third kappa shape index (κ3) is 4.50.